The van der Waals surface area contributed by atoms with E-state index < -0.39 is 12.1 Å². The lowest BCUT2D eigenvalue weighted by atomic mass is 10.1. The highest BCUT2D eigenvalue weighted by molar-refractivity contribution is 5.98. The van der Waals surface area contributed by atoms with Crippen LogP contribution >= 0.6 is 0 Å². The van der Waals surface area contributed by atoms with Crippen LogP contribution in [0, 0.1) is 0 Å². The van der Waals surface area contributed by atoms with Crippen molar-refractivity contribution in [2.75, 3.05) is 20.7 Å². The summed E-state index contributed by atoms with van der Waals surface area (Å²) in [4.78, 5) is 24.8. The molecule has 0 aliphatic carbocycles. The number of aryl methyl sites for hydroxylation is 1. The van der Waals surface area contributed by atoms with Crippen molar-refractivity contribution >= 4 is 29.0 Å². The first-order valence-electron chi connectivity index (χ1n) is 7.25. The fraction of sp³-hybridized carbons (Fsp3) is 0.294. The fourth-order valence-electron chi connectivity index (χ4n) is 2.18. The number of carbonyl (C=O) groups excluding carboxylic acids is 2. The lowest BCUT2D eigenvalue weighted by molar-refractivity contribution is -0.134. The van der Waals surface area contributed by atoms with E-state index in [0.717, 1.165) is 16.5 Å². The predicted octanol–water partition coefficient (Wildman–Crippen LogP) is 2.82. The molecule has 0 saturated heterocycles. The standard InChI is InChI=1S/C17H20N2O4/c1-5-18(2)17(21)23-14-8-6-7-13-16(14)12(11-19(13)3)9-10-15(20)22-4/h6-11H,5H2,1-4H3. The summed E-state index contributed by atoms with van der Waals surface area (Å²) in [5, 5.41) is 0.771. The maximum absolute atomic E-state index is 12.0. The molecule has 6 nitrogen and oxygen atoms in total. The summed E-state index contributed by atoms with van der Waals surface area (Å²) in [6.07, 6.45) is 4.43. The molecular formula is C17H20N2O4. The third-order valence-electron chi connectivity index (χ3n) is 3.59. The minimum absolute atomic E-state index is 0.424. The van der Waals surface area contributed by atoms with Gasteiger partial charge in [-0.25, -0.2) is 9.59 Å². The lowest BCUT2D eigenvalue weighted by Gasteiger charge is -2.15. The van der Waals surface area contributed by atoms with Gasteiger partial charge in [0.05, 0.1) is 12.6 Å². The minimum atomic E-state index is -0.442. The topological polar surface area (TPSA) is 60.8 Å². The molecule has 0 aliphatic rings. The number of ether oxygens (including phenoxy) is 2. The summed E-state index contributed by atoms with van der Waals surface area (Å²) in [6, 6.07) is 5.48. The van der Waals surface area contributed by atoms with Gasteiger partial charge in [0.25, 0.3) is 0 Å². The maximum atomic E-state index is 12.0. The van der Waals surface area contributed by atoms with Gasteiger partial charge in [-0.05, 0) is 25.1 Å². The first kappa shape index (κ1) is 16.6. The molecule has 0 spiro atoms. The monoisotopic (exact) mass is 316 g/mol. The van der Waals surface area contributed by atoms with Crippen LogP contribution in [0.4, 0.5) is 4.79 Å². The van der Waals surface area contributed by atoms with E-state index in [1.807, 2.05) is 36.9 Å². The molecule has 23 heavy (non-hydrogen) atoms. The SMILES string of the molecule is CCN(C)C(=O)Oc1cccc2c1c(C=CC(=O)OC)cn2C. The highest BCUT2D eigenvalue weighted by Crippen LogP contribution is 2.31. The van der Waals surface area contributed by atoms with Crippen LogP contribution in [0.2, 0.25) is 0 Å². The summed E-state index contributed by atoms with van der Waals surface area (Å²) in [6.45, 7) is 2.42. The number of rotatable bonds is 4. The Morgan fingerprint density at radius 1 is 1.35 bits per heavy atom. The Morgan fingerprint density at radius 2 is 2.09 bits per heavy atom. The molecule has 1 aromatic carbocycles. The third kappa shape index (κ3) is 3.53. The number of hydrogen-bond acceptors (Lipinski definition) is 4. The van der Waals surface area contributed by atoms with E-state index in [0.29, 0.717) is 12.3 Å². The van der Waals surface area contributed by atoms with Gasteiger partial charge in [-0.2, -0.15) is 0 Å². The van der Waals surface area contributed by atoms with E-state index in [1.165, 1.54) is 18.1 Å². The number of methoxy groups -OCH3 is 1. The summed E-state index contributed by atoms with van der Waals surface area (Å²) in [7, 11) is 4.89. The second-order valence-corrected chi connectivity index (χ2v) is 5.08. The predicted molar refractivity (Wildman–Crippen MR) is 88.3 cm³/mol. The van der Waals surface area contributed by atoms with Gasteiger partial charge in [0.1, 0.15) is 5.75 Å². The smallest absolute Gasteiger partial charge is 0.414 e. The Kier molecular flexibility index (Phi) is 5.05. The van der Waals surface area contributed by atoms with Crippen molar-refractivity contribution in [3.05, 3.63) is 36.0 Å². The normalized spacial score (nSPS) is 11.0. The van der Waals surface area contributed by atoms with Crippen molar-refractivity contribution in [3.63, 3.8) is 0 Å². The first-order chi connectivity index (χ1) is 11.0. The van der Waals surface area contributed by atoms with Crippen LogP contribution in [0.3, 0.4) is 0 Å². The molecule has 0 bridgehead atoms. The van der Waals surface area contributed by atoms with Gasteiger partial charge in [0.2, 0.25) is 0 Å². The zero-order valence-corrected chi connectivity index (χ0v) is 13.7. The number of nitrogens with zero attached hydrogens (tertiary/aromatic N) is 2. The number of aromatic nitrogens is 1. The molecule has 1 aromatic heterocycles. The van der Waals surface area contributed by atoms with Crippen LogP contribution in [0.1, 0.15) is 12.5 Å². The Balaban J connectivity index is 2.47. The zero-order valence-electron chi connectivity index (χ0n) is 13.7. The molecule has 1 amide bonds. The van der Waals surface area contributed by atoms with Gasteiger partial charge in [-0.15, -0.1) is 0 Å². The molecule has 2 rings (SSSR count). The molecule has 6 heteroatoms. The summed E-state index contributed by atoms with van der Waals surface area (Å²) >= 11 is 0. The van der Waals surface area contributed by atoms with Crippen LogP contribution < -0.4 is 4.74 Å². The number of fused-ring (bicyclic) bond motifs is 1. The average Bonchev–Trinajstić information content (AvgIpc) is 2.89. The molecule has 0 fully saturated rings. The van der Waals surface area contributed by atoms with E-state index in [9.17, 15) is 9.59 Å². The Morgan fingerprint density at radius 3 is 2.74 bits per heavy atom. The largest absolute Gasteiger partial charge is 0.466 e. The van der Waals surface area contributed by atoms with E-state index in [4.69, 9.17) is 4.74 Å². The highest BCUT2D eigenvalue weighted by Gasteiger charge is 2.15. The van der Waals surface area contributed by atoms with Crippen LogP contribution in [0.15, 0.2) is 30.5 Å². The molecule has 0 saturated carbocycles. The number of amides is 1. The zero-order chi connectivity index (χ0) is 17.0. The molecule has 0 N–H and O–H groups in total. The average molecular weight is 316 g/mol. The second-order valence-electron chi connectivity index (χ2n) is 5.08. The van der Waals surface area contributed by atoms with Crippen molar-refractivity contribution in [2.45, 2.75) is 6.92 Å². The first-order valence-corrected chi connectivity index (χ1v) is 7.25. The van der Waals surface area contributed by atoms with Crippen molar-refractivity contribution in [1.82, 2.24) is 9.47 Å². The molecule has 2 aromatic rings. The Bertz CT molecular complexity index is 761. The fourth-order valence-corrected chi connectivity index (χ4v) is 2.18. The number of hydrogen-bond donors (Lipinski definition) is 0. The maximum Gasteiger partial charge on any atom is 0.414 e. The Hall–Kier alpha value is -2.76. The summed E-state index contributed by atoms with van der Waals surface area (Å²) in [5.41, 5.74) is 1.68. The number of carbonyl (C=O) groups is 2. The molecule has 0 atom stereocenters. The highest BCUT2D eigenvalue weighted by atomic mass is 16.6. The summed E-state index contributed by atoms with van der Waals surface area (Å²) < 4.78 is 12.0. The van der Waals surface area contributed by atoms with Crippen LogP contribution in [0.25, 0.3) is 17.0 Å². The van der Waals surface area contributed by atoms with Gasteiger partial charge in [-0.3, -0.25) is 0 Å². The van der Waals surface area contributed by atoms with E-state index in [1.54, 1.807) is 19.2 Å². The molecule has 0 aliphatic heterocycles. The van der Waals surface area contributed by atoms with E-state index in [-0.39, 0.29) is 0 Å². The molecule has 0 radical (unpaired) electrons. The van der Waals surface area contributed by atoms with Gasteiger partial charge >= 0.3 is 12.1 Å². The number of benzene rings is 1. The summed E-state index contributed by atoms with van der Waals surface area (Å²) in [5.74, 6) is 0.0140. The molecule has 0 unspecified atom stereocenters. The lowest BCUT2D eigenvalue weighted by Crippen LogP contribution is -2.29. The van der Waals surface area contributed by atoms with Crippen LogP contribution in [-0.4, -0.2) is 42.2 Å². The minimum Gasteiger partial charge on any atom is -0.466 e. The van der Waals surface area contributed by atoms with Gasteiger partial charge < -0.3 is 18.9 Å². The molecular weight excluding hydrogens is 296 g/mol. The van der Waals surface area contributed by atoms with Crippen molar-refractivity contribution < 1.29 is 19.1 Å². The van der Waals surface area contributed by atoms with E-state index in [2.05, 4.69) is 4.74 Å². The van der Waals surface area contributed by atoms with Crippen molar-refractivity contribution in [2.24, 2.45) is 7.05 Å². The third-order valence-corrected chi connectivity index (χ3v) is 3.59. The molecule has 1 heterocycles. The quantitative estimate of drug-likeness (QED) is 0.643. The van der Waals surface area contributed by atoms with Crippen LogP contribution in [0.5, 0.6) is 5.75 Å². The van der Waals surface area contributed by atoms with Crippen molar-refractivity contribution in [3.8, 4) is 5.75 Å². The van der Waals surface area contributed by atoms with Crippen molar-refractivity contribution in [1.29, 1.82) is 0 Å². The molecule has 122 valence electrons. The Labute approximate surface area is 134 Å². The second kappa shape index (κ2) is 7.00. The van der Waals surface area contributed by atoms with Crippen LogP contribution in [-0.2, 0) is 16.6 Å². The number of esters is 1. The van der Waals surface area contributed by atoms with Gasteiger partial charge in [0, 0.05) is 43.9 Å². The van der Waals surface area contributed by atoms with Gasteiger partial charge in [-0.1, -0.05) is 6.07 Å². The van der Waals surface area contributed by atoms with Gasteiger partial charge in [0.15, 0.2) is 0 Å². The van der Waals surface area contributed by atoms with E-state index >= 15 is 0 Å².